The van der Waals surface area contributed by atoms with Gasteiger partial charge in [-0.15, -0.1) is 0 Å². The molecule has 2 amide bonds. The summed E-state index contributed by atoms with van der Waals surface area (Å²) in [5.41, 5.74) is 4.09. The van der Waals surface area contributed by atoms with Gasteiger partial charge in [-0.2, -0.15) is 0 Å². The van der Waals surface area contributed by atoms with E-state index in [4.69, 9.17) is 4.74 Å². The van der Waals surface area contributed by atoms with E-state index in [-0.39, 0.29) is 12.6 Å². The zero-order valence-electron chi connectivity index (χ0n) is 15.2. The van der Waals surface area contributed by atoms with Gasteiger partial charge in [-0.1, -0.05) is 54.6 Å². The van der Waals surface area contributed by atoms with Crippen LogP contribution in [0.3, 0.4) is 0 Å². The molecule has 0 aromatic heterocycles. The van der Waals surface area contributed by atoms with Gasteiger partial charge in [0, 0.05) is 12.7 Å². The minimum absolute atomic E-state index is 0.243. The molecule has 1 N–H and O–H groups in total. The molecule has 1 unspecified atom stereocenters. The first-order valence-corrected chi connectivity index (χ1v) is 8.60. The first-order valence-electron chi connectivity index (χ1n) is 8.60. The topological polar surface area (TPSA) is 58.6 Å². The van der Waals surface area contributed by atoms with E-state index < -0.39 is 12.0 Å². The summed E-state index contributed by atoms with van der Waals surface area (Å²) in [5.74, 6) is -0.408. The zero-order valence-corrected chi connectivity index (χ0v) is 15.2. The van der Waals surface area contributed by atoms with Crippen LogP contribution in [-0.4, -0.2) is 30.6 Å². The predicted octanol–water partition coefficient (Wildman–Crippen LogP) is 3.89. The van der Waals surface area contributed by atoms with Crippen LogP contribution in [0.15, 0.2) is 65.9 Å². The number of hydrogen-bond donors (Lipinski definition) is 1. The van der Waals surface area contributed by atoms with Gasteiger partial charge >= 0.3 is 12.0 Å². The van der Waals surface area contributed by atoms with Crippen molar-refractivity contribution in [2.75, 3.05) is 13.7 Å². The van der Waals surface area contributed by atoms with Gasteiger partial charge in [0.05, 0.1) is 18.2 Å². The number of rotatable bonds is 4. The Morgan fingerprint density at radius 3 is 2.31 bits per heavy atom. The van der Waals surface area contributed by atoms with Gasteiger partial charge in [-0.25, -0.2) is 9.59 Å². The van der Waals surface area contributed by atoms with Crippen molar-refractivity contribution in [3.63, 3.8) is 0 Å². The number of ether oxygens (including phenoxy) is 1. The highest BCUT2D eigenvalue weighted by Gasteiger charge is 2.34. The largest absolute Gasteiger partial charge is 0.463 e. The molecule has 5 heteroatoms. The average molecular weight is 350 g/mol. The van der Waals surface area contributed by atoms with Crippen molar-refractivity contribution in [3.05, 3.63) is 71.4 Å². The van der Waals surface area contributed by atoms with Crippen LogP contribution < -0.4 is 5.32 Å². The van der Waals surface area contributed by atoms with Crippen LogP contribution in [0.2, 0.25) is 0 Å². The molecule has 134 valence electrons. The number of hydrogen-bond acceptors (Lipinski definition) is 3. The van der Waals surface area contributed by atoms with E-state index in [1.54, 1.807) is 20.9 Å². The van der Waals surface area contributed by atoms with Crippen LogP contribution in [0.25, 0.3) is 11.1 Å². The second-order valence-corrected chi connectivity index (χ2v) is 6.15. The second kappa shape index (κ2) is 7.44. The summed E-state index contributed by atoms with van der Waals surface area (Å²) in [7, 11) is 1.64. The molecule has 0 saturated heterocycles. The lowest BCUT2D eigenvalue weighted by atomic mass is 9.93. The summed E-state index contributed by atoms with van der Waals surface area (Å²) < 4.78 is 5.21. The predicted molar refractivity (Wildman–Crippen MR) is 100 cm³/mol. The number of esters is 1. The lowest BCUT2D eigenvalue weighted by molar-refractivity contribution is -0.139. The lowest BCUT2D eigenvalue weighted by Gasteiger charge is -2.33. The summed E-state index contributed by atoms with van der Waals surface area (Å²) >= 11 is 0. The van der Waals surface area contributed by atoms with Crippen molar-refractivity contribution < 1.29 is 14.3 Å². The Kier molecular flexibility index (Phi) is 5.07. The smallest absolute Gasteiger partial charge is 0.338 e. The minimum Gasteiger partial charge on any atom is -0.463 e. The molecule has 0 fully saturated rings. The van der Waals surface area contributed by atoms with Gasteiger partial charge in [0.25, 0.3) is 0 Å². The van der Waals surface area contributed by atoms with Crippen LogP contribution in [0, 0.1) is 0 Å². The van der Waals surface area contributed by atoms with Crippen LogP contribution in [0.5, 0.6) is 0 Å². The Hall–Kier alpha value is -3.08. The van der Waals surface area contributed by atoms with Gasteiger partial charge in [-0.05, 0) is 30.5 Å². The van der Waals surface area contributed by atoms with Crippen LogP contribution in [0.1, 0.15) is 25.5 Å². The standard InChI is InChI=1S/C21H22N2O3/c1-4-26-20(24)18-14(2)23(3)21(25)22-19(18)17-12-10-16(11-13-17)15-8-6-5-7-9-15/h5-13,19H,4H2,1-3H3,(H,22,25). The second-order valence-electron chi connectivity index (χ2n) is 6.15. The van der Waals surface area contributed by atoms with Gasteiger partial charge in [0.1, 0.15) is 0 Å². The Balaban J connectivity index is 1.98. The Morgan fingerprint density at radius 1 is 1.08 bits per heavy atom. The molecule has 1 atom stereocenters. The molecule has 0 bridgehead atoms. The maximum absolute atomic E-state index is 12.5. The van der Waals surface area contributed by atoms with Gasteiger partial charge < -0.3 is 15.0 Å². The van der Waals surface area contributed by atoms with Crippen LogP contribution in [0.4, 0.5) is 4.79 Å². The molecule has 0 saturated carbocycles. The molecule has 26 heavy (non-hydrogen) atoms. The Labute approximate surface area is 153 Å². The molecule has 2 aromatic carbocycles. The number of carbonyl (C=O) groups excluding carboxylic acids is 2. The molecule has 0 spiro atoms. The van der Waals surface area contributed by atoms with Crippen molar-refractivity contribution >= 4 is 12.0 Å². The molecule has 0 radical (unpaired) electrons. The van der Waals surface area contributed by atoms with Crippen molar-refractivity contribution in [1.82, 2.24) is 10.2 Å². The third kappa shape index (κ3) is 3.33. The number of benzene rings is 2. The highest BCUT2D eigenvalue weighted by molar-refractivity contribution is 5.95. The van der Waals surface area contributed by atoms with E-state index in [2.05, 4.69) is 5.32 Å². The molecular formula is C21H22N2O3. The zero-order chi connectivity index (χ0) is 18.7. The molecule has 2 aromatic rings. The lowest BCUT2D eigenvalue weighted by Crippen LogP contribution is -2.46. The average Bonchev–Trinajstić information content (AvgIpc) is 2.67. The molecule has 5 nitrogen and oxygen atoms in total. The number of nitrogens with zero attached hydrogens (tertiary/aromatic N) is 1. The summed E-state index contributed by atoms with van der Waals surface area (Å²) in [4.78, 5) is 26.1. The first kappa shape index (κ1) is 17.7. The highest BCUT2D eigenvalue weighted by atomic mass is 16.5. The summed E-state index contributed by atoms with van der Waals surface area (Å²) in [6.45, 7) is 3.81. The van der Waals surface area contributed by atoms with E-state index in [0.717, 1.165) is 16.7 Å². The quantitative estimate of drug-likeness (QED) is 0.851. The first-order chi connectivity index (χ1) is 12.5. The minimum atomic E-state index is -0.525. The van der Waals surface area contributed by atoms with E-state index >= 15 is 0 Å². The number of nitrogens with one attached hydrogen (secondary N) is 1. The van der Waals surface area contributed by atoms with Crippen molar-refractivity contribution in [2.24, 2.45) is 0 Å². The molecule has 3 rings (SSSR count). The van der Waals surface area contributed by atoms with Crippen molar-refractivity contribution in [2.45, 2.75) is 19.9 Å². The van der Waals surface area contributed by atoms with Gasteiger partial charge in [0.2, 0.25) is 0 Å². The molecule has 1 aliphatic rings. The summed E-state index contributed by atoms with van der Waals surface area (Å²) in [5, 5.41) is 2.89. The van der Waals surface area contributed by atoms with Gasteiger partial charge in [0.15, 0.2) is 0 Å². The Bertz CT molecular complexity index is 841. The number of urea groups is 1. The van der Waals surface area contributed by atoms with E-state index in [1.165, 1.54) is 4.90 Å². The van der Waals surface area contributed by atoms with Crippen LogP contribution in [-0.2, 0) is 9.53 Å². The fraction of sp³-hybridized carbons (Fsp3) is 0.238. The highest BCUT2D eigenvalue weighted by Crippen LogP contribution is 2.31. The number of carbonyl (C=O) groups is 2. The monoisotopic (exact) mass is 350 g/mol. The van der Waals surface area contributed by atoms with Crippen molar-refractivity contribution in [3.8, 4) is 11.1 Å². The third-order valence-electron chi connectivity index (χ3n) is 4.60. The van der Waals surface area contributed by atoms with Gasteiger partial charge in [-0.3, -0.25) is 0 Å². The van der Waals surface area contributed by atoms with Crippen molar-refractivity contribution in [1.29, 1.82) is 0 Å². The summed E-state index contributed by atoms with van der Waals surface area (Å²) in [6, 6.07) is 17.1. The fourth-order valence-electron chi connectivity index (χ4n) is 3.06. The summed E-state index contributed by atoms with van der Waals surface area (Å²) in [6.07, 6.45) is 0. The molecule has 0 aliphatic carbocycles. The van der Waals surface area contributed by atoms with E-state index in [9.17, 15) is 9.59 Å². The Morgan fingerprint density at radius 2 is 1.69 bits per heavy atom. The van der Waals surface area contributed by atoms with Crippen LogP contribution >= 0.6 is 0 Å². The maximum Gasteiger partial charge on any atom is 0.338 e. The number of amides is 2. The number of allylic oxidation sites excluding steroid dienone is 1. The molecule has 1 aliphatic heterocycles. The normalized spacial score (nSPS) is 17.1. The molecule has 1 heterocycles. The van der Waals surface area contributed by atoms with E-state index in [0.29, 0.717) is 11.3 Å². The maximum atomic E-state index is 12.5. The van der Waals surface area contributed by atoms with E-state index in [1.807, 2.05) is 54.6 Å². The molecular weight excluding hydrogens is 328 g/mol. The SMILES string of the molecule is CCOC(=O)C1=C(C)N(C)C(=O)NC1c1ccc(-c2ccccc2)cc1. The third-order valence-corrected chi connectivity index (χ3v) is 4.60. The fourth-order valence-corrected chi connectivity index (χ4v) is 3.06.